The van der Waals surface area contributed by atoms with Crippen LogP contribution in [0, 0.1) is 0 Å². The summed E-state index contributed by atoms with van der Waals surface area (Å²) in [4.78, 5) is 12.4. The molecule has 0 spiro atoms. The van der Waals surface area contributed by atoms with E-state index in [1.807, 2.05) is 36.4 Å². The molecule has 3 rings (SSSR count). The van der Waals surface area contributed by atoms with Gasteiger partial charge in [0.2, 0.25) is 5.91 Å². The third kappa shape index (κ3) is 4.35. The molecule has 1 saturated carbocycles. The monoisotopic (exact) mass is 357 g/mol. The number of methoxy groups -OCH3 is 1. The first kappa shape index (κ1) is 17.8. The van der Waals surface area contributed by atoms with Crippen molar-refractivity contribution in [3.63, 3.8) is 0 Å². The van der Waals surface area contributed by atoms with Gasteiger partial charge in [0.05, 0.1) is 13.5 Å². The molecule has 4 heteroatoms. The van der Waals surface area contributed by atoms with Gasteiger partial charge >= 0.3 is 0 Å². The Labute approximate surface area is 154 Å². The fourth-order valence-corrected chi connectivity index (χ4v) is 3.81. The number of halogens is 1. The molecular formula is C21H24ClNO2. The number of carbonyl (C=O) groups is 1. The molecule has 0 heterocycles. The van der Waals surface area contributed by atoms with Gasteiger partial charge < -0.3 is 10.1 Å². The van der Waals surface area contributed by atoms with Crippen molar-refractivity contribution in [2.24, 2.45) is 0 Å². The molecule has 1 aliphatic rings. The Morgan fingerprint density at radius 2 is 1.72 bits per heavy atom. The Balaban J connectivity index is 1.65. The molecule has 0 atom stereocenters. The number of benzene rings is 2. The van der Waals surface area contributed by atoms with Gasteiger partial charge in [-0.05, 0) is 48.2 Å². The number of carbonyl (C=O) groups excluding carboxylic acids is 1. The van der Waals surface area contributed by atoms with Crippen molar-refractivity contribution in [1.29, 1.82) is 0 Å². The third-order valence-corrected chi connectivity index (χ3v) is 5.42. The summed E-state index contributed by atoms with van der Waals surface area (Å²) in [6.07, 6.45) is 5.02. The molecule has 0 aliphatic heterocycles. The van der Waals surface area contributed by atoms with E-state index in [0.29, 0.717) is 18.0 Å². The molecule has 1 aliphatic carbocycles. The maximum Gasteiger partial charge on any atom is 0.224 e. The Kier molecular flexibility index (Phi) is 5.64. The number of nitrogens with one attached hydrogen (secondary N) is 1. The van der Waals surface area contributed by atoms with Gasteiger partial charge in [0.1, 0.15) is 5.75 Å². The summed E-state index contributed by atoms with van der Waals surface area (Å²) >= 11 is 5.89. The highest BCUT2D eigenvalue weighted by Gasteiger charge is 2.35. The lowest BCUT2D eigenvalue weighted by Crippen LogP contribution is -2.39. The average Bonchev–Trinajstić information content (AvgIpc) is 3.12. The summed E-state index contributed by atoms with van der Waals surface area (Å²) in [5, 5.41) is 3.84. The molecular weight excluding hydrogens is 334 g/mol. The molecule has 1 amide bonds. The van der Waals surface area contributed by atoms with Gasteiger partial charge in [-0.1, -0.05) is 48.7 Å². The van der Waals surface area contributed by atoms with Crippen LogP contribution in [-0.2, 0) is 16.6 Å². The molecule has 2 aromatic rings. The highest BCUT2D eigenvalue weighted by Crippen LogP contribution is 2.41. The van der Waals surface area contributed by atoms with E-state index in [4.69, 9.17) is 16.3 Å². The van der Waals surface area contributed by atoms with E-state index in [2.05, 4.69) is 17.4 Å². The Morgan fingerprint density at radius 3 is 2.32 bits per heavy atom. The van der Waals surface area contributed by atoms with Crippen molar-refractivity contribution < 1.29 is 9.53 Å². The van der Waals surface area contributed by atoms with Crippen molar-refractivity contribution in [3.05, 3.63) is 64.7 Å². The molecule has 0 bridgehead atoms. The first-order valence-corrected chi connectivity index (χ1v) is 9.15. The molecule has 0 radical (unpaired) electrons. The summed E-state index contributed by atoms with van der Waals surface area (Å²) in [6, 6.07) is 15.7. The van der Waals surface area contributed by atoms with E-state index < -0.39 is 0 Å². The number of hydrogen-bond acceptors (Lipinski definition) is 2. The van der Waals surface area contributed by atoms with Crippen molar-refractivity contribution in [2.45, 2.75) is 37.5 Å². The molecule has 1 fully saturated rings. The molecule has 1 N–H and O–H groups in total. The smallest absolute Gasteiger partial charge is 0.224 e. The lowest BCUT2D eigenvalue weighted by molar-refractivity contribution is -0.120. The van der Waals surface area contributed by atoms with Crippen LogP contribution in [0.5, 0.6) is 5.75 Å². The van der Waals surface area contributed by atoms with E-state index >= 15 is 0 Å². The van der Waals surface area contributed by atoms with Crippen LogP contribution in [0.25, 0.3) is 0 Å². The zero-order valence-electron chi connectivity index (χ0n) is 14.6. The van der Waals surface area contributed by atoms with Gasteiger partial charge in [-0.2, -0.15) is 0 Å². The van der Waals surface area contributed by atoms with Gasteiger partial charge in [-0.25, -0.2) is 0 Å². The first-order valence-electron chi connectivity index (χ1n) is 8.77. The Bertz CT molecular complexity index is 704. The summed E-state index contributed by atoms with van der Waals surface area (Å²) < 4.78 is 5.26. The summed E-state index contributed by atoms with van der Waals surface area (Å²) in [5.41, 5.74) is 2.31. The van der Waals surface area contributed by atoms with Crippen molar-refractivity contribution in [2.75, 3.05) is 13.7 Å². The molecule has 25 heavy (non-hydrogen) atoms. The molecule has 0 saturated heterocycles. The summed E-state index contributed by atoms with van der Waals surface area (Å²) in [5.74, 6) is 0.922. The molecule has 2 aromatic carbocycles. The minimum Gasteiger partial charge on any atom is -0.497 e. The third-order valence-electron chi connectivity index (χ3n) is 5.16. The minimum atomic E-state index is 0.0436. The predicted octanol–water partition coefficient (Wildman–Crippen LogP) is 4.52. The van der Waals surface area contributed by atoms with Crippen LogP contribution in [-0.4, -0.2) is 19.6 Å². The normalized spacial score (nSPS) is 15.8. The number of ether oxygens (including phenoxy) is 1. The molecule has 3 nitrogen and oxygen atoms in total. The largest absolute Gasteiger partial charge is 0.497 e. The maximum absolute atomic E-state index is 12.4. The van der Waals surface area contributed by atoms with Crippen LogP contribution < -0.4 is 10.1 Å². The highest BCUT2D eigenvalue weighted by molar-refractivity contribution is 6.30. The van der Waals surface area contributed by atoms with E-state index in [1.54, 1.807) is 7.11 Å². The summed E-state index contributed by atoms with van der Waals surface area (Å²) in [6.45, 7) is 0.686. The van der Waals surface area contributed by atoms with E-state index in [-0.39, 0.29) is 11.3 Å². The van der Waals surface area contributed by atoms with Crippen LogP contribution >= 0.6 is 11.6 Å². The van der Waals surface area contributed by atoms with Crippen molar-refractivity contribution >= 4 is 17.5 Å². The fourth-order valence-electron chi connectivity index (χ4n) is 3.68. The van der Waals surface area contributed by atoms with Crippen molar-refractivity contribution in [3.8, 4) is 5.75 Å². The maximum atomic E-state index is 12.4. The topological polar surface area (TPSA) is 38.3 Å². The van der Waals surface area contributed by atoms with Gasteiger partial charge in [0, 0.05) is 17.0 Å². The van der Waals surface area contributed by atoms with Gasteiger partial charge in [0.15, 0.2) is 0 Å². The zero-order chi connectivity index (χ0) is 17.7. The molecule has 132 valence electrons. The number of rotatable bonds is 6. The lowest BCUT2D eigenvalue weighted by Gasteiger charge is -2.30. The van der Waals surface area contributed by atoms with Crippen LogP contribution in [0.15, 0.2) is 48.5 Å². The van der Waals surface area contributed by atoms with E-state index in [9.17, 15) is 4.79 Å². The Hall–Kier alpha value is -2.00. The second kappa shape index (κ2) is 7.92. The van der Waals surface area contributed by atoms with Gasteiger partial charge in [0.25, 0.3) is 0 Å². The molecule has 0 aromatic heterocycles. The van der Waals surface area contributed by atoms with Crippen LogP contribution in [0.1, 0.15) is 36.8 Å². The SMILES string of the molecule is COc1ccc(C2(CNC(=O)Cc3ccc(Cl)cc3)CCCC2)cc1. The lowest BCUT2D eigenvalue weighted by atomic mass is 9.78. The zero-order valence-corrected chi connectivity index (χ0v) is 15.3. The Morgan fingerprint density at radius 1 is 1.08 bits per heavy atom. The second-order valence-electron chi connectivity index (χ2n) is 6.80. The average molecular weight is 358 g/mol. The predicted molar refractivity (Wildman–Crippen MR) is 101 cm³/mol. The highest BCUT2D eigenvalue weighted by atomic mass is 35.5. The van der Waals surface area contributed by atoms with E-state index in [1.165, 1.54) is 18.4 Å². The fraction of sp³-hybridized carbons (Fsp3) is 0.381. The molecule has 0 unspecified atom stereocenters. The van der Waals surface area contributed by atoms with Crippen LogP contribution in [0.4, 0.5) is 0 Å². The number of hydrogen-bond donors (Lipinski definition) is 1. The van der Waals surface area contributed by atoms with Crippen LogP contribution in [0.3, 0.4) is 0 Å². The first-order chi connectivity index (χ1) is 12.1. The second-order valence-corrected chi connectivity index (χ2v) is 7.23. The number of amides is 1. The summed E-state index contributed by atoms with van der Waals surface area (Å²) in [7, 11) is 1.68. The standard InChI is InChI=1S/C21H24ClNO2/c1-25-19-10-6-17(7-11-19)21(12-2-3-13-21)15-23-20(24)14-16-4-8-18(22)9-5-16/h4-11H,2-3,12-15H2,1H3,(H,23,24). The minimum absolute atomic E-state index is 0.0436. The van der Waals surface area contributed by atoms with Gasteiger partial charge in [-0.15, -0.1) is 0 Å². The van der Waals surface area contributed by atoms with Crippen LogP contribution in [0.2, 0.25) is 5.02 Å². The van der Waals surface area contributed by atoms with E-state index in [0.717, 1.165) is 24.2 Å². The van der Waals surface area contributed by atoms with Crippen molar-refractivity contribution in [1.82, 2.24) is 5.32 Å². The quantitative estimate of drug-likeness (QED) is 0.825. The van der Waals surface area contributed by atoms with Gasteiger partial charge in [-0.3, -0.25) is 4.79 Å².